The summed E-state index contributed by atoms with van der Waals surface area (Å²) in [6.07, 6.45) is 2.07. The fraction of sp³-hybridized carbons (Fsp3) is 0.263. The maximum Gasteiger partial charge on any atom is 0.335 e. The highest BCUT2D eigenvalue weighted by atomic mass is 19.1. The van der Waals surface area contributed by atoms with Crippen LogP contribution in [-0.2, 0) is 17.8 Å². The van der Waals surface area contributed by atoms with Crippen LogP contribution in [0.15, 0.2) is 48.5 Å². The van der Waals surface area contributed by atoms with Crippen molar-refractivity contribution in [3.05, 3.63) is 71.0 Å². The van der Waals surface area contributed by atoms with Crippen LogP contribution in [0.3, 0.4) is 0 Å². The fourth-order valence-electron chi connectivity index (χ4n) is 2.66. The Labute approximate surface area is 139 Å². The van der Waals surface area contributed by atoms with Gasteiger partial charge in [0.1, 0.15) is 5.82 Å². The molecule has 2 aromatic rings. The van der Waals surface area contributed by atoms with E-state index in [2.05, 4.69) is 0 Å². The maximum atomic E-state index is 13.9. The van der Waals surface area contributed by atoms with Crippen molar-refractivity contribution in [2.75, 3.05) is 0 Å². The number of amides is 1. The Morgan fingerprint density at radius 3 is 2.33 bits per heavy atom. The van der Waals surface area contributed by atoms with Gasteiger partial charge in [0.25, 0.3) is 0 Å². The van der Waals surface area contributed by atoms with Crippen molar-refractivity contribution in [2.45, 2.75) is 31.8 Å². The molecule has 0 atom stereocenters. The molecule has 124 valence electrons. The zero-order chi connectivity index (χ0) is 17.1. The van der Waals surface area contributed by atoms with Gasteiger partial charge in [0.05, 0.1) is 12.0 Å². The molecule has 1 saturated carbocycles. The number of rotatable bonds is 6. The third kappa shape index (κ3) is 3.79. The minimum atomic E-state index is -0.993. The quantitative estimate of drug-likeness (QED) is 0.886. The smallest absolute Gasteiger partial charge is 0.335 e. The summed E-state index contributed by atoms with van der Waals surface area (Å²) in [6.45, 7) is 0.267. The number of hydrogen-bond donors (Lipinski definition) is 1. The third-order valence-corrected chi connectivity index (χ3v) is 4.16. The molecule has 0 bridgehead atoms. The summed E-state index contributed by atoms with van der Waals surface area (Å²) in [7, 11) is 0. The first-order valence-corrected chi connectivity index (χ1v) is 7.89. The van der Waals surface area contributed by atoms with Gasteiger partial charge in [0.15, 0.2) is 0 Å². The first-order chi connectivity index (χ1) is 11.5. The predicted octanol–water partition coefficient (Wildman–Crippen LogP) is 3.26. The van der Waals surface area contributed by atoms with E-state index in [0.29, 0.717) is 5.56 Å². The van der Waals surface area contributed by atoms with Gasteiger partial charge >= 0.3 is 5.97 Å². The van der Waals surface area contributed by atoms with Crippen LogP contribution < -0.4 is 0 Å². The monoisotopic (exact) mass is 327 g/mol. The van der Waals surface area contributed by atoms with Gasteiger partial charge in [-0.1, -0.05) is 30.3 Å². The van der Waals surface area contributed by atoms with E-state index in [4.69, 9.17) is 5.11 Å². The number of halogens is 1. The SMILES string of the molecule is O=C(O)c1ccc(CC(=O)N(Cc2ccccc2F)C2CC2)cc1. The van der Waals surface area contributed by atoms with Gasteiger partial charge in [-0.15, -0.1) is 0 Å². The average molecular weight is 327 g/mol. The number of aromatic carboxylic acids is 1. The van der Waals surface area contributed by atoms with Gasteiger partial charge in [0.2, 0.25) is 5.91 Å². The number of carbonyl (C=O) groups excluding carboxylic acids is 1. The molecule has 0 heterocycles. The van der Waals surface area contributed by atoms with Crippen molar-refractivity contribution >= 4 is 11.9 Å². The van der Waals surface area contributed by atoms with Crippen LogP contribution in [0.2, 0.25) is 0 Å². The van der Waals surface area contributed by atoms with Crippen molar-refractivity contribution in [1.82, 2.24) is 4.90 Å². The number of carboxylic acid groups (broad SMARTS) is 1. The van der Waals surface area contributed by atoms with E-state index in [1.165, 1.54) is 18.2 Å². The van der Waals surface area contributed by atoms with Crippen molar-refractivity contribution in [3.8, 4) is 0 Å². The normalized spacial score (nSPS) is 13.5. The van der Waals surface area contributed by atoms with Crippen LogP contribution in [0.25, 0.3) is 0 Å². The highest BCUT2D eigenvalue weighted by Gasteiger charge is 2.32. The Bertz CT molecular complexity index is 753. The molecule has 1 aliphatic carbocycles. The van der Waals surface area contributed by atoms with Crippen LogP contribution in [0.5, 0.6) is 0 Å². The van der Waals surface area contributed by atoms with Crippen molar-refractivity contribution < 1.29 is 19.1 Å². The largest absolute Gasteiger partial charge is 0.478 e. The minimum Gasteiger partial charge on any atom is -0.478 e. The third-order valence-electron chi connectivity index (χ3n) is 4.16. The first-order valence-electron chi connectivity index (χ1n) is 7.89. The molecule has 0 spiro atoms. The molecule has 4 nitrogen and oxygen atoms in total. The Morgan fingerprint density at radius 1 is 1.08 bits per heavy atom. The number of hydrogen-bond acceptors (Lipinski definition) is 2. The summed E-state index contributed by atoms with van der Waals surface area (Å²) in [5, 5.41) is 8.91. The molecular formula is C19H18FNO3. The van der Waals surface area contributed by atoms with Crippen molar-refractivity contribution in [2.24, 2.45) is 0 Å². The van der Waals surface area contributed by atoms with Gasteiger partial charge in [0, 0.05) is 18.2 Å². The zero-order valence-corrected chi connectivity index (χ0v) is 13.1. The average Bonchev–Trinajstić information content (AvgIpc) is 3.39. The number of carboxylic acids is 1. The number of benzene rings is 2. The predicted molar refractivity (Wildman–Crippen MR) is 87.1 cm³/mol. The minimum absolute atomic E-state index is 0.0659. The molecule has 24 heavy (non-hydrogen) atoms. The van der Waals surface area contributed by atoms with E-state index in [1.54, 1.807) is 35.2 Å². The van der Waals surface area contributed by atoms with Gasteiger partial charge in [-0.05, 0) is 36.6 Å². The molecule has 3 rings (SSSR count). The lowest BCUT2D eigenvalue weighted by Gasteiger charge is -2.23. The molecule has 5 heteroatoms. The molecular weight excluding hydrogens is 309 g/mol. The van der Waals surface area contributed by atoms with E-state index < -0.39 is 5.97 Å². The van der Waals surface area contributed by atoms with Gasteiger partial charge in [-0.3, -0.25) is 4.79 Å². The topological polar surface area (TPSA) is 57.6 Å². The number of nitrogens with zero attached hydrogens (tertiary/aromatic N) is 1. The lowest BCUT2D eigenvalue weighted by atomic mass is 10.1. The molecule has 1 fully saturated rings. The van der Waals surface area contributed by atoms with E-state index in [1.807, 2.05) is 0 Å². The Kier molecular flexibility index (Phi) is 4.60. The Balaban J connectivity index is 1.71. The standard InChI is InChI=1S/C19H18FNO3/c20-17-4-2-1-3-15(17)12-21(16-9-10-16)18(22)11-13-5-7-14(8-6-13)19(23)24/h1-8,16H,9-12H2,(H,23,24). The highest BCUT2D eigenvalue weighted by Crippen LogP contribution is 2.29. The summed E-state index contributed by atoms with van der Waals surface area (Å²) < 4.78 is 13.9. The zero-order valence-electron chi connectivity index (χ0n) is 13.1. The van der Waals surface area contributed by atoms with Crippen LogP contribution in [0.1, 0.15) is 34.3 Å². The summed E-state index contributed by atoms with van der Waals surface area (Å²) in [5.41, 5.74) is 1.46. The lowest BCUT2D eigenvalue weighted by Crippen LogP contribution is -2.34. The van der Waals surface area contributed by atoms with Crippen molar-refractivity contribution in [3.63, 3.8) is 0 Å². The van der Waals surface area contributed by atoms with Gasteiger partial charge in [-0.25, -0.2) is 9.18 Å². The van der Waals surface area contributed by atoms with E-state index in [9.17, 15) is 14.0 Å². The maximum absolute atomic E-state index is 13.9. The van der Waals surface area contributed by atoms with Crippen LogP contribution in [0.4, 0.5) is 4.39 Å². The summed E-state index contributed by atoms with van der Waals surface area (Å²) in [6, 6.07) is 12.9. The second kappa shape index (κ2) is 6.83. The molecule has 2 aromatic carbocycles. The molecule has 1 N–H and O–H groups in total. The highest BCUT2D eigenvalue weighted by molar-refractivity contribution is 5.87. The summed E-state index contributed by atoms with van der Waals surface area (Å²) in [4.78, 5) is 25.2. The molecule has 1 aliphatic rings. The van der Waals surface area contributed by atoms with Gasteiger partial charge < -0.3 is 10.0 Å². The van der Waals surface area contributed by atoms with E-state index >= 15 is 0 Å². The Hall–Kier alpha value is -2.69. The number of carbonyl (C=O) groups is 2. The molecule has 0 unspecified atom stereocenters. The van der Waals surface area contributed by atoms with Crippen LogP contribution in [0, 0.1) is 5.82 Å². The van der Waals surface area contributed by atoms with Crippen molar-refractivity contribution in [1.29, 1.82) is 0 Å². The van der Waals surface area contributed by atoms with Crippen LogP contribution in [-0.4, -0.2) is 27.9 Å². The molecule has 0 aliphatic heterocycles. The first kappa shape index (κ1) is 16.2. The van der Waals surface area contributed by atoms with Gasteiger partial charge in [-0.2, -0.15) is 0 Å². The molecule has 0 radical (unpaired) electrons. The second-order valence-electron chi connectivity index (χ2n) is 6.02. The summed E-state index contributed by atoms with van der Waals surface area (Å²) >= 11 is 0. The summed E-state index contributed by atoms with van der Waals surface area (Å²) in [5.74, 6) is -1.36. The van der Waals surface area contributed by atoms with E-state index in [0.717, 1.165) is 18.4 Å². The fourth-order valence-corrected chi connectivity index (χ4v) is 2.66. The molecule has 1 amide bonds. The van der Waals surface area contributed by atoms with Crippen LogP contribution >= 0.6 is 0 Å². The lowest BCUT2D eigenvalue weighted by molar-refractivity contribution is -0.131. The second-order valence-corrected chi connectivity index (χ2v) is 6.02. The Morgan fingerprint density at radius 2 is 1.75 bits per heavy atom. The van der Waals surface area contributed by atoms with E-state index in [-0.39, 0.29) is 36.3 Å². The molecule has 0 saturated heterocycles. The molecule has 0 aromatic heterocycles.